The maximum absolute atomic E-state index is 10.7. The maximum Gasteiger partial charge on any atom is 0.325 e. The van der Waals surface area contributed by atoms with Crippen LogP contribution in [-0.4, -0.2) is 15.0 Å². The van der Waals surface area contributed by atoms with Gasteiger partial charge in [0.25, 0.3) is 0 Å². The topological polar surface area (TPSA) is 61.5 Å². The van der Waals surface area contributed by atoms with Crippen LogP contribution in [0.5, 0.6) is 0 Å². The molecule has 0 spiro atoms. The minimum atomic E-state index is -0.213. The number of halogens is 1. The lowest BCUT2D eigenvalue weighted by molar-refractivity contribution is 1.19. The van der Waals surface area contributed by atoms with E-state index in [-0.39, 0.29) is 5.69 Å². The van der Waals surface area contributed by atoms with Crippen molar-refractivity contribution >= 4 is 33.8 Å². The van der Waals surface area contributed by atoms with Gasteiger partial charge < -0.3 is 4.98 Å². The van der Waals surface area contributed by atoms with Crippen LogP contribution in [0.2, 0.25) is 0 Å². The number of aromatic amines is 2. The second-order valence-electron chi connectivity index (χ2n) is 2.11. The highest BCUT2D eigenvalue weighted by Crippen LogP contribution is 2.06. The van der Waals surface area contributed by atoms with Gasteiger partial charge in [-0.15, -0.1) is 0 Å². The van der Waals surface area contributed by atoms with Crippen LogP contribution in [0.1, 0.15) is 0 Å². The Labute approximate surface area is 75.2 Å². The first-order valence-corrected chi connectivity index (χ1v) is 4.08. The van der Waals surface area contributed by atoms with Crippen molar-refractivity contribution in [3.05, 3.63) is 26.3 Å². The van der Waals surface area contributed by atoms with Crippen molar-refractivity contribution in [2.75, 3.05) is 0 Å². The Morgan fingerprint density at radius 2 is 2.18 bits per heavy atom. The molecule has 0 atom stereocenters. The van der Waals surface area contributed by atoms with E-state index >= 15 is 0 Å². The number of nitrogens with zero attached hydrogens (tertiary/aromatic N) is 1. The standard InChI is InChI=1S/C6H4IN3O/c7-4-2-1-3-5(9-4)10-6(11)8-3/h1-2H,(H2,8,9,10,11). The van der Waals surface area contributed by atoms with Crippen LogP contribution in [-0.2, 0) is 0 Å². The van der Waals surface area contributed by atoms with Gasteiger partial charge in [0, 0.05) is 0 Å². The summed E-state index contributed by atoms with van der Waals surface area (Å²) in [6.07, 6.45) is 0. The molecule has 2 heterocycles. The average molecular weight is 261 g/mol. The number of H-pyrrole nitrogens is 2. The second-order valence-corrected chi connectivity index (χ2v) is 3.21. The molecule has 0 aliphatic heterocycles. The molecule has 2 rings (SSSR count). The Hall–Kier alpha value is -0.850. The summed E-state index contributed by atoms with van der Waals surface area (Å²) >= 11 is 2.09. The molecule has 0 unspecified atom stereocenters. The molecule has 0 saturated heterocycles. The van der Waals surface area contributed by atoms with E-state index in [9.17, 15) is 4.79 Å². The SMILES string of the molecule is O=c1[nH]c2ccc(I)nc2[nH]1. The minimum absolute atomic E-state index is 0.213. The van der Waals surface area contributed by atoms with Gasteiger partial charge in [-0.2, -0.15) is 0 Å². The van der Waals surface area contributed by atoms with Crippen molar-refractivity contribution < 1.29 is 0 Å². The number of hydrogen-bond acceptors (Lipinski definition) is 2. The molecule has 11 heavy (non-hydrogen) atoms. The lowest BCUT2D eigenvalue weighted by Crippen LogP contribution is -1.99. The lowest BCUT2D eigenvalue weighted by atomic mass is 10.4. The summed E-state index contributed by atoms with van der Waals surface area (Å²) in [7, 11) is 0. The van der Waals surface area contributed by atoms with Gasteiger partial charge in [0.1, 0.15) is 3.70 Å². The Morgan fingerprint density at radius 3 is 3.00 bits per heavy atom. The van der Waals surface area contributed by atoms with Gasteiger partial charge in [-0.1, -0.05) is 0 Å². The summed E-state index contributed by atoms with van der Waals surface area (Å²) in [6, 6.07) is 3.66. The fraction of sp³-hybridized carbons (Fsp3) is 0. The quantitative estimate of drug-likeness (QED) is 0.545. The smallest absolute Gasteiger partial charge is 0.304 e. The molecule has 4 nitrogen and oxygen atoms in total. The van der Waals surface area contributed by atoms with Crippen LogP contribution in [0.15, 0.2) is 16.9 Å². The predicted octanol–water partition coefficient (Wildman–Crippen LogP) is 0.856. The van der Waals surface area contributed by atoms with Crippen molar-refractivity contribution in [3.63, 3.8) is 0 Å². The van der Waals surface area contributed by atoms with E-state index in [0.717, 1.165) is 9.22 Å². The van der Waals surface area contributed by atoms with Crippen LogP contribution in [0.4, 0.5) is 0 Å². The zero-order valence-corrected chi connectivity index (χ0v) is 7.55. The fourth-order valence-electron chi connectivity index (χ4n) is 0.893. The summed E-state index contributed by atoms with van der Waals surface area (Å²) in [6.45, 7) is 0. The highest BCUT2D eigenvalue weighted by molar-refractivity contribution is 14.1. The average Bonchev–Trinajstić information content (AvgIpc) is 2.27. The highest BCUT2D eigenvalue weighted by atomic mass is 127. The van der Waals surface area contributed by atoms with Crippen LogP contribution in [0.25, 0.3) is 11.2 Å². The summed E-state index contributed by atoms with van der Waals surface area (Å²) in [4.78, 5) is 20.0. The molecule has 0 saturated carbocycles. The first-order chi connectivity index (χ1) is 5.25. The molecule has 5 heteroatoms. The van der Waals surface area contributed by atoms with Gasteiger partial charge >= 0.3 is 5.69 Å². The van der Waals surface area contributed by atoms with E-state index in [1.165, 1.54) is 0 Å². The number of fused-ring (bicyclic) bond motifs is 1. The van der Waals surface area contributed by atoms with Gasteiger partial charge in [-0.05, 0) is 34.7 Å². The Kier molecular flexibility index (Phi) is 1.45. The van der Waals surface area contributed by atoms with Crippen LogP contribution in [0, 0.1) is 3.70 Å². The first kappa shape index (κ1) is 6.84. The van der Waals surface area contributed by atoms with E-state index in [1.54, 1.807) is 0 Å². The summed E-state index contributed by atoms with van der Waals surface area (Å²) in [5, 5.41) is 0. The van der Waals surface area contributed by atoms with Crippen LogP contribution < -0.4 is 5.69 Å². The Balaban J connectivity index is 2.92. The number of hydrogen-bond donors (Lipinski definition) is 2. The van der Waals surface area contributed by atoms with E-state index < -0.39 is 0 Å². The zero-order valence-electron chi connectivity index (χ0n) is 5.39. The monoisotopic (exact) mass is 261 g/mol. The van der Waals surface area contributed by atoms with E-state index in [4.69, 9.17) is 0 Å². The molecule has 0 fully saturated rings. The molecule has 2 aromatic rings. The third-order valence-corrected chi connectivity index (χ3v) is 1.94. The van der Waals surface area contributed by atoms with Crippen molar-refractivity contribution in [1.29, 1.82) is 0 Å². The molecule has 0 amide bonds. The molecular weight excluding hydrogens is 257 g/mol. The van der Waals surface area contributed by atoms with Gasteiger partial charge in [0.2, 0.25) is 0 Å². The summed E-state index contributed by atoms with van der Waals surface area (Å²) in [5.41, 5.74) is 1.15. The number of aromatic nitrogens is 3. The number of pyridine rings is 1. The molecule has 0 bridgehead atoms. The van der Waals surface area contributed by atoms with E-state index in [2.05, 4.69) is 37.5 Å². The summed E-state index contributed by atoms with van der Waals surface area (Å²) in [5.74, 6) is 0. The third kappa shape index (κ3) is 1.15. The van der Waals surface area contributed by atoms with Crippen molar-refractivity contribution in [2.24, 2.45) is 0 Å². The van der Waals surface area contributed by atoms with Crippen molar-refractivity contribution in [1.82, 2.24) is 15.0 Å². The number of nitrogens with one attached hydrogen (secondary N) is 2. The van der Waals surface area contributed by atoms with Gasteiger partial charge in [-0.3, -0.25) is 4.98 Å². The molecule has 2 N–H and O–H groups in total. The first-order valence-electron chi connectivity index (χ1n) is 3.00. The molecule has 0 aliphatic carbocycles. The molecule has 2 aromatic heterocycles. The molecule has 0 aliphatic rings. The molecule has 0 radical (unpaired) electrons. The van der Waals surface area contributed by atoms with Crippen LogP contribution >= 0.6 is 22.6 Å². The van der Waals surface area contributed by atoms with Crippen molar-refractivity contribution in [3.8, 4) is 0 Å². The van der Waals surface area contributed by atoms with E-state index in [1.807, 2.05) is 12.1 Å². The largest absolute Gasteiger partial charge is 0.325 e. The lowest BCUT2D eigenvalue weighted by Gasteiger charge is -1.87. The normalized spacial score (nSPS) is 10.6. The van der Waals surface area contributed by atoms with Crippen molar-refractivity contribution in [2.45, 2.75) is 0 Å². The minimum Gasteiger partial charge on any atom is -0.304 e. The van der Waals surface area contributed by atoms with Gasteiger partial charge in [0.05, 0.1) is 5.52 Å². The van der Waals surface area contributed by atoms with Gasteiger partial charge in [0.15, 0.2) is 5.65 Å². The molecule has 0 aromatic carbocycles. The fourth-order valence-corrected chi connectivity index (χ4v) is 1.31. The second kappa shape index (κ2) is 2.33. The Bertz CT molecular complexity index is 444. The maximum atomic E-state index is 10.7. The third-order valence-electron chi connectivity index (χ3n) is 1.34. The number of imidazole rings is 1. The number of rotatable bonds is 0. The highest BCUT2D eigenvalue weighted by Gasteiger charge is 1.97. The Morgan fingerprint density at radius 1 is 1.36 bits per heavy atom. The molecular formula is C6H4IN3O. The predicted molar refractivity (Wildman–Crippen MR) is 49.4 cm³/mol. The zero-order chi connectivity index (χ0) is 7.84. The molecule has 56 valence electrons. The van der Waals surface area contributed by atoms with E-state index in [0.29, 0.717) is 5.65 Å². The van der Waals surface area contributed by atoms with Gasteiger partial charge in [-0.25, -0.2) is 9.78 Å². The van der Waals surface area contributed by atoms with Crippen LogP contribution in [0.3, 0.4) is 0 Å². The summed E-state index contributed by atoms with van der Waals surface area (Å²) < 4.78 is 0.866.